The summed E-state index contributed by atoms with van der Waals surface area (Å²) in [7, 11) is 0. The Morgan fingerprint density at radius 2 is 1.09 bits per heavy atom. The van der Waals surface area contributed by atoms with E-state index in [0.29, 0.717) is 5.56 Å². The summed E-state index contributed by atoms with van der Waals surface area (Å²) in [5.74, 6) is 16.4. The highest BCUT2D eigenvalue weighted by Crippen LogP contribution is 2.23. The summed E-state index contributed by atoms with van der Waals surface area (Å²) in [5, 5.41) is 1.96. The van der Waals surface area contributed by atoms with E-state index >= 15 is 0 Å². The van der Waals surface area contributed by atoms with Gasteiger partial charge in [-0.3, -0.25) is 0 Å². The molecule has 0 aromatic heterocycles. The lowest BCUT2D eigenvalue weighted by Gasteiger charge is -1.98. The predicted octanol–water partition coefficient (Wildman–Crippen LogP) is 6.65. The Hall–Kier alpha value is -4.00. The molecule has 3 aromatic carbocycles. The van der Waals surface area contributed by atoms with Crippen molar-refractivity contribution >= 4 is 23.1 Å². The maximum Gasteiger partial charge on any atom is 0.153 e. The number of thiocarbonyl (C=S) groups is 1. The standard InChI is InChI=1S/C28H17F2NS/c1-2-3-4-5-21-6-8-22(9-7-21)10-11-23-12-14-24(15-13-23)16-17-25-18-26(29)28(31-20-32)27(30)19-25/h6-9,12-15,18-19H,2-3H2,1H3. The van der Waals surface area contributed by atoms with Gasteiger partial charge in [-0.1, -0.05) is 42.4 Å². The lowest BCUT2D eigenvalue weighted by atomic mass is 10.1. The van der Waals surface area contributed by atoms with Gasteiger partial charge in [0.15, 0.2) is 11.6 Å². The van der Waals surface area contributed by atoms with E-state index in [1.165, 1.54) is 0 Å². The zero-order valence-electron chi connectivity index (χ0n) is 17.3. The number of benzene rings is 3. The molecule has 32 heavy (non-hydrogen) atoms. The van der Waals surface area contributed by atoms with Gasteiger partial charge in [-0.25, -0.2) is 8.78 Å². The molecule has 3 rings (SSSR count). The third-order valence-corrected chi connectivity index (χ3v) is 4.35. The zero-order chi connectivity index (χ0) is 22.8. The molecule has 0 atom stereocenters. The molecule has 0 spiro atoms. The van der Waals surface area contributed by atoms with Crippen LogP contribution in [-0.4, -0.2) is 5.16 Å². The number of halogens is 2. The van der Waals surface area contributed by atoms with Crippen molar-refractivity contribution in [2.24, 2.45) is 4.99 Å². The molecule has 0 aliphatic carbocycles. The van der Waals surface area contributed by atoms with Crippen LogP contribution in [0.4, 0.5) is 14.5 Å². The summed E-state index contributed by atoms with van der Waals surface area (Å²) >= 11 is 4.39. The average Bonchev–Trinajstić information content (AvgIpc) is 2.80. The molecule has 0 saturated heterocycles. The molecule has 0 bridgehead atoms. The summed E-state index contributed by atoms with van der Waals surface area (Å²) < 4.78 is 27.8. The van der Waals surface area contributed by atoms with E-state index in [0.717, 1.165) is 41.7 Å². The summed E-state index contributed by atoms with van der Waals surface area (Å²) in [4.78, 5) is 3.38. The summed E-state index contributed by atoms with van der Waals surface area (Å²) in [5.41, 5.74) is 3.16. The number of nitrogens with zero attached hydrogens (tertiary/aromatic N) is 1. The van der Waals surface area contributed by atoms with Crippen LogP contribution in [0.1, 0.15) is 47.6 Å². The molecule has 0 N–H and O–H groups in total. The molecule has 4 heteroatoms. The first-order chi connectivity index (χ1) is 15.6. The van der Waals surface area contributed by atoms with Crippen LogP contribution in [0, 0.1) is 47.2 Å². The monoisotopic (exact) mass is 437 g/mol. The Morgan fingerprint density at radius 3 is 1.50 bits per heavy atom. The second-order valence-corrected chi connectivity index (χ2v) is 6.88. The fourth-order valence-corrected chi connectivity index (χ4v) is 2.73. The molecule has 0 unspecified atom stereocenters. The number of hydrogen-bond acceptors (Lipinski definition) is 2. The highest BCUT2D eigenvalue weighted by molar-refractivity contribution is 7.78. The molecule has 0 aliphatic rings. The van der Waals surface area contributed by atoms with E-state index < -0.39 is 17.3 Å². The van der Waals surface area contributed by atoms with Gasteiger partial charge in [0.1, 0.15) is 5.69 Å². The summed E-state index contributed by atoms with van der Waals surface area (Å²) in [6, 6.07) is 17.4. The first-order valence-corrected chi connectivity index (χ1v) is 10.3. The Balaban J connectivity index is 1.70. The topological polar surface area (TPSA) is 12.4 Å². The van der Waals surface area contributed by atoms with Crippen LogP contribution in [0.15, 0.2) is 65.7 Å². The average molecular weight is 438 g/mol. The van der Waals surface area contributed by atoms with Gasteiger partial charge in [-0.05, 0) is 79.3 Å². The maximum atomic E-state index is 13.9. The van der Waals surface area contributed by atoms with Crippen molar-refractivity contribution in [2.75, 3.05) is 0 Å². The summed E-state index contributed by atoms with van der Waals surface area (Å²) in [6.45, 7) is 2.10. The first kappa shape index (κ1) is 22.7. The van der Waals surface area contributed by atoms with E-state index in [4.69, 9.17) is 0 Å². The number of isothiocyanates is 1. The molecular formula is C28H17F2NS. The largest absolute Gasteiger partial charge is 0.204 e. The molecular weight excluding hydrogens is 420 g/mol. The van der Waals surface area contributed by atoms with E-state index in [-0.39, 0.29) is 5.56 Å². The third-order valence-electron chi connectivity index (χ3n) is 4.25. The Kier molecular flexibility index (Phi) is 8.09. The van der Waals surface area contributed by atoms with E-state index in [9.17, 15) is 8.78 Å². The Morgan fingerprint density at radius 1 is 0.688 bits per heavy atom. The molecule has 0 radical (unpaired) electrons. The number of hydrogen-bond donors (Lipinski definition) is 0. The van der Waals surface area contributed by atoms with E-state index in [1.54, 1.807) is 12.1 Å². The minimum Gasteiger partial charge on any atom is -0.204 e. The van der Waals surface area contributed by atoms with Gasteiger partial charge in [-0.15, -0.1) is 0 Å². The van der Waals surface area contributed by atoms with Crippen LogP contribution < -0.4 is 0 Å². The first-order valence-electron chi connectivity index (χ1n) is 9.89. The fourth-order valence-electron chi connectivity index (χ4n) is 2.64. The van der Waals surface area contributed by atoms with Crippen LogP contribution >= 0.6 is 12.2 Å². The van der Waals surface area contributed by atoms with Gasteiger partial charge < -0.3 is 0 Å². The second kappa shape index (κ2) is 11.4. The molecule has 0 fully saturated rings. The summed E-state index contributed by atoms with van der Waals surface area (Å²) in [6.07, 6.45) is 1.95. The van der Waals surface area contributed by atoms with Crippen molar-refractivity contribution in [3.05, 3.63) is 100 Å². The van der Waals surface area contributed by atoms with Gasteiger partial charge >= 0.3 is 0 Å². The molecule has 1 nitrogen and oxygen atoms in total. The van der Waals surface area contributed by atoms with Crippen molar-refractivity contribution in [2.45, 2.75) is 19.8 Å². The molecule has 0 amide bonds. The van der Waals surface area contributed by atoms with Crippen LogP contribution in [0.5, 0.6) is 0 Å². The highest BCUT2D eigenvalue weighted by atomic mass is 32.1. The van der Waals surface area contributed by atoms with Crippen molar-refractivity contribution in [1.82, 2.24) is 0 Å². The van der Waals surface area contributed by atoms with Crippen molar-refractivity contribution in [3.8, 4) is 35.5 Å². The normalized spacial score (nSPS) is 9.22. The molecule has 0 aliphatic heterocycles. The maximum absolute atomic E-state index is 13.9. The van der Waals surface area contributed by atoms with Gasteiger partial charge in [0.25, 0.3) is 0 Å². The molecule has 0 saturated carbocycles. The Bertz CT molecular complexity index is 1320. The smallest absolute Gasteiger partial charge is 0.153 e. The van der Waals surface area contributed by atoms with E-state index in [2.05, 4.69) is 59.7 Å². The van der Waals surface area contributed by atoms with Crippen LogP contribution in [0.2, 0.25) is 0 Å². The lowest BCUT2D eigenvalue weighted by molar-refractivity contribution is 0.587. The van der Waals surface area contributed by atoms with Gasteiger partial charge in [0.05, 0.1) is 5.16 Å². The second-order valence-electron chi connectivity index (χ2n) is 6.70. The van der Waals surface area contributed by atoms with Gasteiger partial charge in [-0.2, -0.15) is 4.99 Å². The number of rotatable bonds is 2. The highest BCUT2D eigenvalue weighted by Gasteiger charge is 2.09. The SMILES string of the molecule is CCCC#Cc1ccc(C#Cc2ccc(C#Cc3cc(F)c(N=C=S)c(F)c3)cc2)cc1. The number of aliphatic imine (C=N–C) groups is 1. The zero-order valence-corrected chi connectivity index (χ0v) is 18.1. The van der Waals surface area contributed by atoms with Crippen molar-refractivity contribution in [1.29, 1.82) is 0 Å². The Labute approximate surface area is 192 Å². The van der Waals surface area contributed by atoms with Crippen molar-refractivity contribution < 1.29 is 8.78 Å². The van der Waals surface area contributed by atoms with Gasteiger partial charge in [0, 0.05) is 34.2 Å². The number of unbranched alkanes of at least 4 members (excludes halogenated alkanes) is 1. The molecule has 3 aromatic rings. The van der Waals surface area contributed by atoms with E-state index in [1.807, 2.05) is 41.6 Å². The molecule has 0 heterocycles. The lowest BCUT2D eigenvalue weighted by Crippen LogP contribution is -1.86. The van der Waals surface area contributed by atoms with Crippen LogP contribution in [0.25, 0.3) is 0 Å². The van der Waals surface area contributed by atoms with Gasteiger partial charge in [0.2, 0.25) is 0 Å². The van der Waals surface area contributed by atoms with Crippen LogP contribution in [-0.2, 0) is 0 Å². The van der Waals surface area contributed by atoms with Crippen LogP contribution in [0.3, 0.4) is 0 Å². The minimum absolute atomic E-state index is 0.204. The predicted molar refractivity (Wildman–Crippen MR) is 128 cm³/mol. The molecule has 154 valence electrons. The minimum atomic E-state index is -0.835. The van der Waals surface area contributed by atoms with Crippen molar-refractivity contribution in [3.63, 3.8) is 0 Å². The fraction of sp³-hybridized carbons (Fsp3) is 0.107. The third kappa shape index (κ3) is 6.50. The quantitative estimate of drug-likeness (QED) is 0.248.